The third-order valence-corrected chi connectivity index (χ3v) is 7.24. The molecular weight excluding hydrogens is 594 g/mol. The minimum atomic E-state index is -7.43. The Morgan fingerprint density at radius 2 is 0.969 bits per heavy atom. The molecule has 14 heteroatoms. The number of alkyl halides is 9. The highest BCUT2D eigenvalue weighted by molar-refractivity contribution is 7.86. The Morgan fingerprint density at radius 3 is 1.22 bits per heavy atom. The zero-order valence-corrected chi connectivity index (χ0v) is 19.0. The number of halogens is 10. The topological polar surface area (TPSA) is 57.2 Å². The van der Waals surface area contributed by atoms with Crippen LogP contribution in [0.2, 0.25) is 0 Å². The van der Waals surface area contributed by atoms with Crippen molar-refractivity contribution in [1.29, 1.82) is 0 Å². The fraction of sp³-hybridized carbons (Fsp3) is 0.333. The number of aryl methyl sites for hydroxylation is 2. The molecule has 32 heavy (non-hydrogen) atoms. The lowest BCUT2D eigenvalue weighted by atomic mass is 10.1. The molecule has 2 aromatic carbocycles. The molecule has 0 aromatic heterocycles. The summed E-state index contributed by atoms with van der Waals surface area (Å²) >= 11 is 0.00313. The Balaban J connectivity index is 0.000000321. The van der Waals surface area contributed by atoms with Gasteiger partial charge in [0, 0.05) is 0 Å². The fourth-order valence-electron chi connectivity index (χ4n) is 1.84. The standard InChI is InChI=1S/C14H14I.C4HF9O3S/c1-11-3-7-13(8-4-11)15-14-9-5-12(2)6-10-14;5-1(6,3(9,10)11)2(7,8)4(12,13)17(14,15)16/h3-10H,1-2H3;(H,14,15,16)/q+1;/p-1. The van der Waals surface area contributed by atoms with Crippen molar-refractivity contribution >= 4 is 10.1 Å². The molecule has 0 aliphatic carbocycles. The quantitative estimate of drug-likeness (QED) is 0.298. The lowest BCUT2D eigenvalue weighted by molar-refractivity contribution is -0.597. The van der Waals surface area contributed by atoms with Crippen LogP contribution in [0, 0.1) is 21.0 Å². The Hall–Kier alpha value is -1.55. The first-order valence-corrected chi connectivity index (χ1v) is 11.7. The number of benzene rings is 2. The predicted octanol–water partition coefficient (Wildman–Crippen LogP) is 2.39. The molecule has 0 amide bonds. The van der Waals surface area contributed by atoms with Crippen molar-refractivity contribution in [3.63, 3.8) is 0 Å². The Kier molecular flexibility index (Phi) is 8.68. The van der Waals surface area contributed by atoms with Crippen molar-refractivity contribution in [3.05, 3.63) is 66.8 Å². The van der Waals surface area contributed by atoms with E-state index in [2.05, 4.69) is 62.4 Å². The van der Waals surface area contributed by atoms with Crippen LogP contribution >= 0.6 is 0 Å². The third-order valence-electron chi connectivity index (χ3n) is 3.67. The molecule has 2 aromatic rings. The highest BCUT2D eigenvalue weighted by Gasteiger charge is 2.83. The second-order valence-corrected chi connectivity index (χ2v) is 10.8. The van der Waals surface area contributed by atoms with E-state index in [0.29, 0.717) is 0 Å². The van der Waals surface area contributed by atoms with Gasteiger partial charge in [0.1, 0.15) is 0 Å². The minimum Gasteiger partial charge on any atom is -0.743 e. The summed E-state index contributed by atoms with van der Waals surface area (Å²) in [5.41, 5.74) is 2.68. The maximum absolute atomic E-state index is 12.2. The predicted molar refractivity (Wildman–Crippen MR) is 90.3 cm³/mol. The van der Waals surface area contributed by atoms with Gasteiger partial charge in [-0.25, -0.2) is 8.42 Å². The smallest absolute Gasteiger partial charge is 0.460 e. The van der Waals surface area contributed by atoms with E-state index in [4.69, 9.17) is 0 Å². The monoisotopic (exact) mass is 608 g/mol. The normalized spacial score (nSPS) is 13.4. The van der Waals surface area contributed by atoms with E-state index in [1.165, 1.54) is 18.3 Å². The first-order valence-electron chi connectivity index (χ1n) is 8.18. The van der Waals surface area contributed by atoms with Crippen LogP contribution in [0.1, 0.15) is 11.1 Å². The molecule has 0 aliphatic rings. The number of hydrogen-bond donors (Lipinski definition) is 0. The molecular formula is C18H14F9IO3S. The summed E-state index contributed by atoms with van der Waals surface area (Å²) in [5.74, 6) is -14.8. The Morgan fingerprint density at radius 1 is 0.656 bits per heavy atom. The van der Waals surface area contributed by atoms with E-state index in [-0.39, 0.29) is 21.2 Å². The van der Waals surface area contributed by atoms with Crippen LogP contribution in [-0.2, 0) is 10.1 Å². The SMILES string of the molecule is Cc1ccc([I+]c2ccc(C)cc2)cc1.O=S(=O)([O-])C(F)(F)C(F)(F)C(F)(F)C(F)(F)F. The summed E-state index contributed by atoms with van der Waals surface area (Å²) in [6, 6.07) is 17.8. The maximum Gasteiger partial charge on any atom is 0.460 e. The van der Waals surface area contributed by atoms with Gasteiger partial charge in [0.2, 0.25) is 0 Å². The molecule has 0 N–H and O–H groups in total. The third kappa shape index (κ3) is 6.27. The average Bonchev–Trinajstić information content (AvgIpc) is 2.64. The molecule has 0 heterocycles. The lowest BCUT2D eigenvalue weighted by Gasteiger charge is -2.34. The van der Waals surface area contributed by atoms with Gasteiger partial charge in [0.05, 0.1) is 0 Å². The van der Waals surface area contributed by atoms with Crippen molar-refractivity contribution in [2.75, 3.05) is 0 Å². The number of hydrogen-bond acceptors (Lipinski definition) is 3. The van der Waals surface area contributed by atoms with Gasteiger partial charge < -0.3 is 4.55 Å². The van der Waals surface area contributed by atoms with Crippen molar-refractivity contribution in [2.24, 2.45) is 0 Å². The van der Waals surface area contributed by atoms with Gasteiger partial charge in [-0.15, -0.1) is 0 Å². The van der Waals surface area contributed by atoms with Gasteiger partial charge in [0.25, 0.3) is 0 Å². The van der Waals surface area contributed by atoms with E-state index in [9.17, 15) is 52.5 Å². The van der Waals surface area contributed by atoms with Crippen molar-refractivity contribution in [3.8, 4) is 0 Å². The molecule has 2 rings (SSSR count). The van der Waals surface area contributed by atoms with E-state index < -0.39 is 33.4 Å². The van der Waals surface area contributed by atoms with Gasteiger partial charge in [-0.1, -0.05) is 35.4 Å². The molecule has 0 saturated carbocycles. The highest BCUT2D eigenvalue weighted by atomic mass is 127. The first kappa shape index (κ1) is 28.5. The van der Waals surface area contributed by atoms with Crippen LogP contribution in [0.5, 0.6) is 0 Å². The summed E-state index contributed by atoms with van der Waals surface area (Å²) in [5, 5.41) is -7.11. The molecule has 180 valence electrons. The van der Waals surface area contributed by atoms with Crippen LogP contribution in [0.15, 0.2) is 48.5 Å². The van der Waals surface area contributed by atoms with E-state index in [1.54, 1.807) is 0 Å². The molecule has 0 radical (unpaired) electrons. The summed E-state index contributed by atoms with van der Waals surface area (Å²) < 4.78 is 138. The van der Waals surface area contributed by atoms with Crippen LogP contribution < -0.4 is 21.2 Å². The number of rotatable bonds is 5. The zero-order valence-electron chi connectivity index (χ0n) is 16.0. The van der Waals surface area contributed by atoms with E-state index in [0.717, 1.165) is 0 Å². The van der Waals surface area contributed by atoms with Gasteiger partial charge >= 0.3 is 44.5 Å². The van der Waals surface area contributed by atoms with Crippen LogP contribution in [0.3, 0.4) is 0 Å². The molecule has 3 nitrogen and oxygen atoms in total. The molecule has 0 fully saturated rings. The van der Waals surface area contributed by atoms with Crippen LogP contribution in [0.4, 0.5) is 39.5 Å². The fourth-order valence-corrected chi connectivity index (χ4v) is 4.44. The molecule has 0 saturated heterocycles. The van der Waals surface area contributed by atoms with Crippen molar-refractivity contribution < 1.29 is 73.7 Å². The molecule has 0 spiro atoms. The molecule has 0 aliphatic heterocycles. The minimum absolute atomic E-state index is 0.00313. The van der Waals surface area contributed by atoms with E-state index >= 15 is 0 Å². The van der Waals surface area contributed by atoms with Gasteiger partial charge in [-0.2, -0.15) is 39.5 Å². The van der Waals surface area contributed by atoms with Gasteiger partial charge in [0.15, 0.2) is 17.3 Å². The average molecular weight is 608 g/mol. The lowest BCUT2D eigenvalue weighted by Crippen LogP contribution is -3.61. The van der Waals surface area contributed by atoms with Crippen LogP contribution in [-0.4, -0.2) is 36.2 Å². The highest BCUT2D eigenvalue weighted by Crippen LogP contribution is 2.54. The van der Waals surface area contributed by atoms with Crippen molar-refractivity contribution in [2.45, 2.75) is 37.1 Å². The zero-order chi connectivity index (χ0) is 25.2. The molecule has 0 bridgehead atoms. The maximum atomic E-state index is 12.2. The summed E-state index contributed by atoms with van der Waals surface area (Å²) in [6.07, 6.45) is -7.16. The Labute approximate surface area is 187 Å². The summed E-state index contributed by atoms with van der Waals surface area (Å²) in [6.45, 7) is 4.27. The Bertz CT molecular complexity index is 960. The first-order chi connectivity index (χ1) is 14.2. The van der Waals surface area contributed by atoms with Gasteiger partial charge in [-0.3, -0.25) is 0 Å². The summed E-state index contributed by atoms with van der Waals surface area (Å²) in [7, 11) is -7.42. The second kappa shape index (κ2) is 9.75. The second-order valence-electron chi connectivity index (χ2n) is 6.30. The van der Waals surface area contributed by atoms with Crippen LogP contribution in [0.25, 0.3) is 0 Å². The largest absolute Gasteiger partial charge is 0.743 e. The molecule has 0 atom stereocenters. The van der Waals surface area contributed by atoms with Crippen molar-refractivity contribution in [1.82, 2.24) is 0 Å². The van der Waals surface area contributed by atoms with Gasteiger partial charge in [-0.05, 0) is 38.1 Å². The van der Waals surface area contributed by atoms with E-state index in [1.807, 2.05) is 0 Å². The summed E-state index contributed by atoms with van der Waals surface area (Å²) in [4.78, 5) is 0. The molecule has 0 unspecified atom stereocenters.